The van der Waals surface area contributed by atoms with Crippen LogP contribution in [-0.4, -0.2) is 16.1 Å². The minimum Gasteiger partial charge on any atom is -0.457 e. The van der Waals surface area contributed by atoms with E-state index < -0.39 is 5.91 Å². The molecule has 3 rings (SSSR count). The summed E-state index contributed by atoms with van der Waals surface area (Å²) in [6.07, 6.45) is 2.20. The molecule has 5 heteroatoms. The number of amides is 1. The SMILES string of the molecule is Cc1ccc(Oc2ccc(Cc3cn[nH]c3C(N)=O)cc2)cc1. The Morgan fingerprint density at radius 2 is 1.70 bits per heavy atom. The summed E-state index contributed by atoms with van der Waals surface area (Å²) in [6.45, 7) is 2.04. The number of primary amides is 1. The van der Waals surface area contributed by atoms with Gasteiger partial charge in [-0.1, -0.05) is 29.8 Å². The van der Waals surface area contributed by atoms with Gasteiger partial charge in [0, 0.05) is 12.0 Å². The largest absolute Gasteiger partial charge is 0.457 e. The van der Waals surface area contributed by atoms with Crippen LogP contribution >= 0.6 is 0 Å². The molecule has 0 saturated heterocycles. The van der Waals surface area contributed by atoms with Crippen molar-refractivity contribution in [2.45, 2.75) is 13.3 Å². The number of rotatable bonds is 5. The molecule has 1 aromatic heterocycles. The molecule has 0 radical (unpaired) electrons. The van der Waals surface area contributed by atoms with Gasteiger partial charge in [0.1, 0.15) is 17.2 Å². The summed E-state index contributed by atoms with van der Waals surface area (Å²) in [5.74, 6) is 1.06. The zero-order valence-corrected chi connectivity index (χ0v) is 12.7. The van der Waals surface area contributed by atoms with E-state index in [0.29, 0.717) is 12.1 Å². The van der Waals surface area contributed by atoms with Gasteiger partial charge in [-0.3, -0.25) is 9.89 Å². The number of hydrogen-bond acceptors (Lipinski definition) is 3. The van der Waals surface area contributed by atoms with Crippen LogP contribution in [0.5, 0.6) is 11.5 Å². The molecular formula is C18H17N3O2. The molecule has 0 aliphatic rings. The number of carbonyl (C=O) groups excluding carboxylic acids is 1. The predicted octanol–water partition coefficient (Wildman–Crippen LogP) is 3.20. The second kappa shape index (κ2) is 6.36. The van der Waals surface area contributed by atoms with Gasteiger partial charge in [-0.05, 0) is 36.8 Å². The smallest absolute Gasteiger partial charge is 0.267 e. The molecule has 3 N–H and O–H groups in total. The highest BCUT2D eigenvalue weighted by atomic mass is 16.5. The first-order chi connectivity index (χ1) is 11.1. The summed E-state index contributed by atoms with van der Waals surface area (Å²) in [5.41, 5.74) is 8.68. The Labute approximate surface area is 134 Å². The van der Waals surface area contributed by atoms with E-state index in [1.54, 1.807) is 6.20 Å². The topological polar surface area (TPSA) is 81.0 Å². The molecular weight excluding hydrogens is 290 g/mol. The van der Waals surface area contributed by atoms with Crippen LogP contribution in [0.15, 0.2) is 54.7 Å². The van der Waals surface area contributed by atoms with Crippen LogP contribution in [0.25, 0.3) is 0 Å². The van der Waals surface area contributed by atoms with E-state index in [1.807, 2.05) is 55.5 Å². The maximum absolute atomic E-state index is 11.3. The van der Waals surface area contributed by atoms with E-state index in [1.165, 1.54) is 5.56 Å². The van der Waals surface area contributed by atoms with Crippen molar-refractivity contribution in [3.05, 3.63) is 77.1 Å². The lowest BCUT2D eigenvalue weighted by molar-refractivity contribution is 0.0995. The molecule has 0 atom stereocenters. The van der Waals surface area contributed by atoms with E-state index in [2.05, 4.69) is 10.2 Å². The predicted molar refractivity (Wildman–Crippen MR) is 87.6 cm³/mol. The highest BCUT2D eigenvalue weighted by Crippen LogP contribution is 2.23. The molecule has 2 aromatic carbocycles. The monoisotopic (exact) mass is 307 g/mol. The number of aromatic amines is 1. The van der Waals surface area contributed by atoms with Crippen molar-refractivity contribution in [1.29, 1.82) is 0 Å². The second-order valence-corrected chi connectivity index (χ2v) is 5.37. The Morgan fingerprint density at radius 1 is 1.09 bits per heavy atom. The molecule has 3 aromatic rings. The average Bonchev–Trinajstić information content (AvgIpc) is 3.00. The van der Waals surface area contributed by atoms with Crippen LogP contribution in [0.3, 0.4) is 0 Å². The van der Waals surface area contributed by atoms with Crippen LogP contribution < -0.4 is 10.5 Å². The van der Waals surface area contributed by atoms with Crippen LogP contribution in [0.1, 0.15) is 27.2 Å². The number of hydrogen-bond donors (Lipinski definition) is 2. The number of aromatic nitrogens is 2. The number of benzene rings is 2. The van der Waals surface area contributed by atoms with E-state index in [4.69, 9.17) is 10.5 Å². The molecule has 0 aliphatic carbocycles. The van der Waals surface area contributed by atoms with E-state index in [9.17, 15) is 4.79 Å². The number of carbonyl (C=O) groups is 1. The molecule has 0 saturated carbocycles. The molecule has 0 fully saturated rings. The fourth-order valence-corrected chi connectivity index (χ4v) is 2.30. The maximum Gasteiger partial charge on any atom is 0.267 e. The van der Waals surface area contributed by atoms with Crippen molar-refractivity contribution in [2.24, 2.45) is 5.73 Å². The van der Waals surface area contributed by atoms with Crippen LogP contribution in [-0.2, 0) is 6.42 Å². The van der Waals surface area contributed by atoms with E-state index in [0.717, 1.165) is 22.6 Å². The molecule has 0 unspecified atom stereocenters. The van der Waals surface area contributed by atoms with Crippen LogP contribution in [0.4, 0.5) is 0 Å². The lowest BCUT2D eigenvalue weighted by Crippen LogP contribution is -2.13. The third-order valence-corrected chi connectivity index (χ3v) is 3.54. The summed E-state index contributed by atoms with van der Waals surface area (Å²) >= 11 is 0. The second-order valence-electron chi connectivity index (χ2n) is 5.37. The number of ether oxygens (including phenoxy) is 1. The van der Waals surface area contributed by atoms with Gasteiger partial charge >= 0.3 is 0 Å². The van der Waals surface area contributed by atoms with Gasteiger partial charge in [-0.15, -0.1) is 0 Å². The van der Waals surface area contributed by atoms with Gasteiger partial charge < -0.3 is 10.5 Å². The molecule has 116 valence electrons. The van der Waals surface area contributed by atoms with E-state index in [-0.39, 0.29) is 0 Å². The van der Waals surface area contributed by atoms with Crippen molar-refractivity contribution < 1.29 is 9.53 Å². The summed E-state index contributed by atoms with van der Waals surface area (Å²) in [5, 5.41) is 6.49. The highest BCUT2D eigenvalue weighted by molar-refractivity contribution is 5.92. The highest BCUT2D eigenvalue weighted by Gasteiger charge is 2.10. The minimum atomic E-state index is -0.503. The number of nitrogens with zero attached hydrogens (tertiary/aromatic N) is 1. The lowest BCUT2D eigenvalue weighted by Gasteiger charge is -2.07. The van der Waals surface area contributed by atoms with E-state index >= 15 is 0 Å². The molecule has 0 aliphatic heterocycles. The zero-order valence-electron chi connectivity index (χ0n) is 12.7. The summed E-state index contributed by atoms with van der Waals surface area (Å²) in [6, 6.07) is 15.6. The zero-order chi connectivity index (χ0) is 16.2. The summed E-state index contributed by atoms with van der Waals surface area (Å²) in [7, 11) is 0. The number of H-pyrrole nitrogens is 1. The van der Waals surface area contributed by atoms with Gasteiger partial charge in [-0.2, -0.15) is 5.10 Å². The van der Waals surface area contributed by atoms with Gasteiger partial charge in [0.05, 0.1) is 6.20 Å². The van der Waals surface area contributed by atoms with Gasteiger partial charge in [0.25, 0.3) is 5.91 Å². The van der Waals surface area contributed by atoms with Gasteiger partial charge in [0.15, 0.2) is 0 Å². The molecule has 0 bridgehead atoms. The molecule has 1 heterocycles. The number of nitrogens with one attached hydrogen (secondary N) is 1. The Balaban J connectivity index is 1.70. The Bertz CT molecular complexity index is 805. The average molecular weight is 307 g/mol. The normalized spacial score (nSPS) is 10.5. The molecule has 23 heavy (non-hydrogen) atoms. The van der Waals surface area contributed by atoms with Gasteiger partial charge in [0.2, 0.25) is 0 Å². The first-order valence-electron chi connectivity index (χ1n) is 7.27. The minimum absolute atomic E-state index is 0.352. The Kier molecular flexibility index (Phi) is 4.10. The Morgan fingerprint density at radius 3 is 2.30 bits per heavy atom. The van der Waals surface area contributed by atoms with Crippen LogP contribution in [0, 0.1) is 6.92 Å². The van der Waals surface area contributed by atoms with Gasteiger partial charge in [-0.25, -0.2) is 0 Å². The lowest BCUT2D eigenvalue weighted by atomic mass is 10.1. The molecule has 0 spiro atoms. The Hall–Kier alpha value is -3.08. The van der Waals surface area contributed by atoms with Crippen LogP contribution in [0.2, 0.25) is 0 Å². The number of aryl methyl sites for hydroxylation is 1. The first-order valence-corrected chi connectivity index (χ1v) is 7.27. The first kappa shape index (κ1) is 14.8. The number of nitrogens with two attached hydrogens (primary N) is 1. The molecule has 5 nitrogen and oxygen atoms in total. The third-order valence-electron chi connectivity index (χ3n) is 3.54. The van der Waals surface area contributed by atoms with Crippen molar-refractivity contribution in [3.63, 3.8) is 0 Å². The molecule has 1 amide bonds. The van der Waals surface area contributed by atoms with Crippen molar-refractivity contribution in [1.82, 2.24) is 10.2 Å². The standard InChI is InChI=1S/C18H17N3O2/c1-12-2-6-15(7-3-12)23-16-8-4-13(5-9-16)10-14-11-20-21-17(14)18(19)22/h2-9,11H,10H2,1H3,(H2,19,22)(H,20,21). The van der Waals surface area contributed by atoms with Crippen molar-refractivity contribution in [3.8, 4) is 11.5 Å². The summed E-state index contributed by atoms with van der Waals surface area (Å²) in [4.78, 5) is 11.3. The fraction of sp³-hybridized carbons (Fsp3) is 0.111. The quantitative estimate of drug-likeness (QED) is 0.759. The third kappa shape index (κ3) is 3.58. The fourth-order valence-electron chi connectivity index (χ4n) is 2.30. The maximum atomic E-state index is 11.3. The summed E-state index contributed by atoms with van der Waals surface area (Å²) < 4.78 is 5.79. The van der Waals surface area contributed by atoms with Crippen molar-refractivity contribution in [2.75, 3.05) is 0 Å². The van der Waals surface area contributed by atoms with Crippen molar-refractivity contribution >= 4 is 5.91 Å².